The molecule has 0 spiro atoms. The molecule has 0 aliphatic carbocycles. The van der Waals surface area contributed by atoms with E-state index in [-0.39, 0.29) is 17.3 Å². The first-order valence-corrected chi connectivity index (χ1v) is 14.8. The average molecular weight is 431 g/mol. The van der Waals surface area contributed by atoms with Crippen LogP contribution in [0.1, 0.15) is 56.8 Å². The van der Waals surface area contributed by atoms with E-state index >= 15 is 0 Å². The molecule has 1 aliphatic rings. The largest absolute Gasteiger partial charge is 0.508 e. The minimum atomic E-state index is -1.11. The van der Waals surface area contributed by atoms with Gasteiger partial charge >= 0.3 is 0 Å². The third-order valence-electron chi connectivity index (χ3n) is 5.49. The summed E-state index contributed by atoms with van der Waals surface area (Å²) in [6.07, 6.45) is 5.82. The van der Waals surface area contributed by atoms with Crippen LogP contribution in [0.25, 0.3) is 0 Å². The summed E-state index contributed by atoms with van der Waals surface area (Å²) in [5.41, 5.74) is 2.44. The van der Waals surface area contributed by atoms with Crippen molar-refractivity contribution in [3.8, 4) is 11.5 Å². The van der Waals surface area contributed by atoms with Crippen molar-refractivity contribution in [2.24, 2.45) is 5.41 Å². The quantitative estimate of drug-likeness (QED) is 0.415. The average Bonchev–Trinajstić information content (AvgIpc) is 3.05. The Bertz CT molecular complexity index is 849. The zero-order valence-electron chi connectivity index (χ0n) is 19.5. The van der Waals surface area contributed by atoms with E-state index in [0.717, 1.165) is 61.2 Å². The van der Waals surface area contributed by atoms with Crippen molar-refractivity contribution in [1.29, 1.82) is 0 Å². The highest BCUT2D eigenvalue weighted by Crippen LogP contribution is 2.36. The summed E-state index contributed by atoms with van der Waals surface area (Å²) in [4.78, 5) is 4.97. The van der Waals surface area contributed by atoms with Gasteiger partial charge in [-0.2, -0.15) is 0 Å². The number of ether oxygens (including phenoxy) is 2. The molecule has 0 saturated heterocycles. The van der Waals surface area contributed by atoms with Crippen LogP contribution in [-0.2, 0) is 24.3 Å². The molecule has 1 N–H and O–H groups in total. The summed E-state index contributed by atoms with van der Waals surface area (Å²) >= 11 is 0. The molecule has 3 rings (SSSR count). The van der Waals surface area contributed by atoms with E-state index in [4.69, 9.17) is 14.5 Å². The number of phenolic OH excluding ortho intramolecular Hbond substituents is 1. The van der Waals surface area contributed by atoms with Crippen molar-refractivity contribution >= 4 is 8.07 Å². The first-order chi connectivity index (χ1) is 14.0. The maximum atomic E-state index is 9.74. The number of benzene rings is 1. The molecule has 1 aliphatic heterocycles. The molecular formula is C24H38N2O3Si. The molecule has 1 atom stereocenters. The van der Waals surface area contributed by atoms with Gasteiger partial charge in [0.2, 0.25) is 0 Å². The predicted molar refractivity (Wildman–Crippen MR) is 124 cm³/mol. The van der Waals surface area contributed by atoms with Gasteiger partial charge in [-0.1, -0.05) is 40.4 Å². The lowest BCUT2D eigenvalue weighted by atomic mass is 9.90. The topological polar surface area (TPSA) is 56.5 Å². The third kappa shape index (κ3) is 6.61. The number of aryl methyl sites for hydroxylation is 2. The minimum Gasteiger partial charge on any atom is -0.508 e. The van der Waals surface area contributed by atoms with Crippen molar-refractivity contribution in [3.05, 3.63) is 41.5 Å². The molecule has 5 nitrogen and oxygen atoms in total. The third-order valence-corrected chi connectivity index (χ3v) is 7.20. The lowest BCUT2D eigenvalue weighted by molar-refractivity contribution is 0.0754. The molecule has 6 heteroatoms. The number of hydrogen-bond acceptors (Lipinski definition) is 4. The number of aromatic nitrogens is 2. The SMILES string of the molecule is CC(C)(C)CCc1cn(COCC[Si](C)(C)C)c(C2CCc3cc(O)ccc3O2)n1. The maximum absolute atomic E-state index is 9.74. The monoisotopic (exact) mass is 430 g/mol. The molecule has 0 fully saturated rings. The number of fused-ring (bicyclic) bond motifs is 1. The van der Waals surface area contributed by atoms with Gasteiger partial charge in [-0.25, -0.2) is 4.98 Å². The summed E-state index contributed by atoms with van der Waals surface area (Å²) in [5.74, 6) is 2.08. The van der Waals surface area contributed by atoms with Gasteiger partial charge in [0.05, 0.1) is 5.69 Å². The van der Waals surface area contributed by atoms with Crippen molar-refractivity contribution in [3.63, 3.8) is 0 Å². The van der Waals surface area contributed by atoms with E-state index in [9.17, 15) is 5.11 Å². The summed E-state index contributed by atoms with van der Waals surface area (Å²) < 4.78 is 14.5. The predicted octanol–water partition coefficient (Wildman–Crippen LogP) is 5.95. The number of rotatable bonds is 8. The van der Waals surface area contributed by atoms with Crippen molar-refractivity contribution in [1.82, 2.24) is 9.55 Å². The summed E-state index contributed by atoms with van der Waals surface area (Å²) in [6, 6.07) is 6.49. The molecule has 0 radical (unpaired) electrons. The Hall–Kier alpha value is -1.79. The first-order valence-electron chi connectivity index (χ1n) is 11.1. The number of nitrogens with zero attached hydrogens (tertiary/aromatic N) is 2. The molecule has 0 amide bonds. The van der Waals surface area contributed by atoms with Gasteiger partial charge in [0.15, 0.2) is 11.9 Å². The van der Waals surface area contributed by atoms with E-state index in [1.807, 2.05) is 6.07 Å². The maximum Gasteiger partial charge on any atom is 0.157 e. The lowest BCUT2D eigenvalue weighted by Gasteiger charge is -2.26. The van der Waals surface area contributed by atoms with Crippen LogP contribution in [0.2, 0.25) is 25.7 Å². The Morgan fingerprint density at radius 3 is 2.73 bits per heavy atom. The summed E-state index contributed by atoms with van der Waals surface area (Å²) in [6.45, 7) is 15.2. The standard InChI is InChI=1S/C24H38N2O3Si/c1-24(2,3)12-11-19-16-26(17-28-13-14-30(4,5)6)23(25-19)22-9-7-18-15-20(27)8-10-21(18)29-22/h8,10,15-16,22,27H,7,9,11-14,17H2,1-6H3. The van der Waals surface area contributed by atoms with Crippen LogP contribution in [0.5, 0.6) is 11.5 Å². The first kappa shape index (κ1) is 22.9. The summed E-state index contributed by atoms with van der Waals surface area (Å²) in [5, 5.41) is 9.74. The highest BCUT2D eigenvalue weighted by molar-refractivity contribution is 6.76. The van der Waals surface area contributed by atoms with Crippen LogP contribution in [0.4, 0.5) is 0 Å². The molecule has 1 aromatic heterocycles. The zero-order valence-corrected chi connectivity index (χ0v) is 20.5. The number of phenols is 1. The Kier molecular flexibility index (Phi) is 6.97. The molecule has 30 heavy (non-hydrogen) atoms. The zero-order chi connectivity index (χ0) is 21.9. The highest BCUT2D eigenvalue weighted by atomic mass is 28.3. The van der Waals surface area contributed by atoms with Gasteiger partial charge in [0.25, 0.3) is 0 Å². The number of aromatic hydroxyl groups is 1. The van der Waals surface area contributed by atoms with Crippen LogP contribution >= 0.6 is 0 Å². The van der Waals surface area contributed by atoms with Gasteiger partial charge in [0, 0.05) is 20.9 Å². The second-order valence-electron chi connectivity index (χ2n) is 10.9. The van der Waals surface area contributed by atoms with E-state index < -0.39 is 8.07 Å². The Labute approximate surface area is 182 Å². The Morgan fingerprint density at radius 1 is 1.27 bits per heavy atom. The van der Waals surface area contributed by atoms with Crippen molar-refractivity contribution in [2.45, 2.75) is 85.0 Å². The van der Waals surface area contributed by atoms with Crippen LogP contribution < -0.4 is 4.74 Å². The van der Waals surface area contributed by atoms with Crippen molar-refractivity contribution in [2.75, 3.05) is 6.61 Å². The van der Waals surface area contributed by atoms with E-state index in [2.05, 4.69) is 51.2 Å². The molecule has 2 aromatic rings. The Balaban J connectivity index is 1.75. The van der Waals surface area contributed by atoms with Crippen molar-refractivity contribution < 1.29 is 14.6 Å². The van der Waals surface area contributed by atoms with Crippen LogP contribution in [0.3, 0.4) is 0 Å². The fourth-order valence-corrected chi connectivity index (χ4v) is 4.32. The molecule has 166 valence electrons. The van der Waals surface area contributed by atoms with E-state index in [1.165, 1.54) is 0 Å². The smallest absolute Gasteiger partial charge is 0.157 e. The highest BCUT2D eigenvalue weighted by Gasteiger charge is 2.27. The fourth-order valence-electron chi connectivity index (χ4n) is 3.57. The fraction of sp³-hybridized carbons (Fsp3) is 0.625. The second kappa shape index (κ2) is 9.14. The van der Waals surface area contributed by atoms with Gasteiger partial charge in [-0.15, -0.1) is 0 Å². The van der Waals surface area contributed by atoms with Crippen LogP contribution in [0.15, 0.2) is 24.4 Å². The van der Waals surface area contributed by atoms with Gasteiger partial charge < -0.3 is 19.1 Å². The molecule has 0 saturated carbocycles. The van der Waals surface area contributed by atoms with Gasteiger partial charge in [-0.05, 0) is 60.9 Å². The second-order valence-corrected chi connectivity index (χ2v) is 16.5. The molecule has 2 heterocycles. The lowest BCUT2D eigenvalue weighted by Crippen LogP contribution is -2.23. The van der Waals surface area contributed by atoms with Gasteiger partial charge in [0.1, 0.15) is 18.2 Å². The van der Waals surface area contributed by atoms with E-state index in [0.29, 0.717) is 6.73 Å². The number of imidazole rings is 1. The number of hydrogen-bond donors (Lipinski definition) is 1. The molecule has 0 bridgehead atoms. The molecular weight excluding hydrogens is 392 g/mol. The normalized spacial score (nSPS) is 16.9. The minimum absolute atomic E-state index is 0.0916. The Morgan fingerprint density at radius 2 is 2.03 bits per heavy atom. The van der Waals surface area contributed by atoms with Gasteiger partial charge in [-0.3, -0.25) is 0 Å². The summed E-state index contributed by atoms with van der Waals surface area (Å²) in [7, 11) is -1.11. The molecule has 1 aromatic carbocycles. The molecule has 1 unspecified atom stereocenters. The van der Waals surface area contributed by atoms with Crippen LogP contribution in [-0.4, -0.2) is 29.3 Å². The van der Waals surface area contributed by atoms with E-state index in [1.54, 1.807) is 12.1 Å². The van der Waals surface area contributed by atoms with Crippen LogP contribution in [0, 0.1) is 5.41 Å².